The molecule has 2 heterocycles. The Bertz CT molecular complexity index is 891. The second kappa shape index (κ2) is 7.84. The quantitative estimate of drug-likeness (QED) is 0.839. The number of nitrogens with one attached hydrogen (secondary N) is 1. The second-order valence-electron chi connectivity index (χ2n) is 7.56. The van der Waals surface area contributed by atoms with Crippen molar-refractivity contribution in [2.75, 3.05) is 34.8 Å². The topological polar surface area (TPSA) is 52.7 Å². The second-order valence-corrected chi connectivity index (χ2v) is 8.00. The lowest BCUT2D eigenvalue weighted by atomic mass is 10.1. The van der Waals surface area contributed by atoms with E-state index in [1.54, 1.807) is 17.0 Å². The molecule has 1 unspecified atom stereocenters. The summed E-state index contributed by atoms with van der Waals surface area (Å²) >= 11 is 5.97. The molecule has 0 aliphatic carbocycles. The molecule has 28 heavy (non-hydrogen) atoms. The van der Waals surface area contributed by atoms with Crippen molar-refractivity contribution in [1.82, 2.24) is 0 Å². The monoisotopic (exact) mass is 397 g/mol. The minimum atomic E-state index is -0.360. The van der Waals surface area contributed by atoms with Crippen LogP contribution < -0.4 is 15.1 Å². The van der Waals surface area contributed by atoms with Gasteiger partial charge in [-0.05, 0) is 67.8 Å². The van der Waals surface area contributed by atoms with Gasteiger partial charge in [0.15, 0.2) is 0 Å². The highest BCUT2D eigenvalue weighted by Gasteiger charge is 2.35. The first kappa shape index (κ1) is 18.8. The number of nitrogens with zero attached hydrogens (tertiary/aromatic N) is 2. The Morgan fingerprint density at radius 3 is 2.43 bits per heavy atom. The zero-order valence-corrected chi connectivity index (χ0v) is 16.7. The highest BCUT2D eigenvalue weighted by molar-refractivity contribution is 6.30. The van der Waals surface area contributed by atoms with E-state index in [0.717, 1.165) is 30.0 Å². The minimum Gasteiger partial charge on any atom is -0.372 e. The molecule has 0 spiro atoms. The van der Waals surface area contributed by atoms with Crippen LogP contribution in [-0.4, -0.2) is 31.4 Å². The predicted molar refractivity (Wildman–Crippen MR) is 113 cm³/mol. The SMILES string of the molecule is Cc1cc(Cl)ccc1NC(=O)C1CC(=O)N(c2ccc(N3CCCC3)cc2)C1. The summed E-state index contributed by atoms with van der Waals surface area (Å²) in [6.45, 7) is 4.48. The van der Waals surface area contributed by atoms with Crippen LogP contribution >= 0.6 is 11.6 Å². The fourth-order valence-electron chi connectivity index (χ4n) is 3.95. The average Bonchev–Trinajstić information content (AvgIpc) is 3.34. The van der Waals surface area contributed by atoms with Gasteiger partial charge in [-0.1, -0.05) is 11.6 Å². The largest absolute Gasteiger partial charge is 0.372 e. The molecule has 2 saturated heterocycles. The number of rotatable bonds is 4. The predicted octanol–water partition coefficient (Wildman–Crippen LogP) is 4.24. The Morgan fingerprint density at radius 1 is 1.07 bits per heavy atom. The molecule has 2 aliphatic rings. The molecule has 2 amide bonds. The maximum Gasteiger partial charge on any atom is 0.229 e. The molecule has 0 radical (unpaired) electrons. The molecular weight excluding hydrogens is 374 g/mol. The lowest BCUT2D eigenvalue weighted by Gasteiger charge is -2.21. The van der Waals surface area contributed by atoms with Crippen LogP contribution in [0.5, 0.6) is 0 Å². The third-order valence-corrected chi connectivity index (χ3v) is 5.81. The van der Waals surface area contributed by atoms with Crippen molar-refractivity contribution in [2.45, 2.75) is 26.2 Å². The van der Waals surface area contributed by atoms with Crippen LogP contribution in [0.3, 0.4) is 0 Å². The van der Waals surface area contributed by atoms with Crippen LogP contribution in [0, 0.1) is 12.8 Å². The smallest absolute Gasteiger partial charge is 0.229 e. The molecule has 1 atom stereocenters. The van der Waals surface area contributed by atoms with E-state index in [-0.39, 0.29) is 24.2 Å². The molecule has 0 saturated carbocycles. The van der Waals surface area contributed by atoms with E-state index in [1.807, 2.05) is 25.1 Å². The van der Waals surface area contributed by atoms with Crippen LogP contribution in [0.4, 0.5) is 17.1 Å². The Hall–Kier alpha value is -2.53. The van der Waals surface area contributed by atoms with Gasteiger partial charge in [0.25, 0.3) is 0 Å². The number of benzene rings is 2. The van der Waals surface area contributed by atoms with Crippen molar-refractivity contribution < 1.29 is 9.59 Å². The van der Waals surface area contributed by atoms with Gasteiger partial charge in [-0.3, -0.25) is 9.59 Å². The zero-order valence-electron chi connectivity index (χ0n) is 16.0. The molecule has 146 valence electrons. The van der Waals surface area contributed by atoms with E-state index in [9.17, 15) is 9.59 Å². The van der Waals surface area contributed by atoms with Gasteiger partial charge < -0.3 is 15.1 Å². The number of hydrogen-bond donors (Lipinski definition) is 1. The molecule has 2 aromatic carbocycles. The average molecular weight is 398 g/mol. The van der Waals surface area contributed by atoms with Crippen LogP contribution in [0.1, 0.15) is 24.8 Å². The van der Waals surface area contributed by atoms with Crippen LogP contribution in [-0.2, 0) is 9.59 Å². The van der Waals surface area contributed by atoms with Crippen molar-refractivity contribution in [2.24, 2.45) is 5.92 Å². The third-order valence-electron chi connectivity index (χ3n) is 5.57. The van der Waals surface area contributed by atoms with E-state index in [4.69, 9.17) is 11.6 Å². The van der Waals surface area contributed by atoms with Gasteiger partial charge in [-0.2, -0.15) is 0 Å². The maximum atomic E-state index is 12.7. The van der Waals surface area contributed by atoms with E-state index >= 15 is 0 Å². The number of hydrogen-bond acceptors (Lipinski definition) is 3. The number of carbonyl (C=O) groups excluding carboxylic acids is 2. The van der Waals surface area contributed by atoms with Crippen molar-refractivity contribution in [1.29, 1.82) is 0 Å². The van der Waals surface area contributed by atoms with Gasteiger partial charge in [0.2, 0.25) is 11.8 Å². The van der Waals surface area contributed by atoms with Gasteiger partial charge >= 0.3 is 0 Å². The lowest BCUT2D eigenvalue weighted by Crippen LogP contribution is -2.28. The summed E-state index contributed by atoms with van der Waals surface area (Å²) in [4.78, 5) is 29.3. The highest BCUT2D eigenvalue weighted by Crippen LogP contribution is 2.29. The van der Waals surface area contributed by atoms with Gasteiger partial charge in [-0.15, -0.1) is 0 Å². The van der Waals surface area contributed by atoms with Crippen molar-refractivity contribution in [3.05, 3.63) is 53.1 Å². The normalized spacial score (nSPS) is 19.4. The molecule has 2 fully saturated rings. The summed E-state index contributed by atoms with van der Waals surface area (Å²) in [5.74, 6) is -0.502. The van der Waals surface area contributed by atoms with E-state index in [2.05, 4.69) is 22.3 Å². The van der Waals surface area contributed by atoms with Gasteiger partial charge in [-0.25, -0.2) is 0 Å². The Morgan fingerprint density at radius 2 is 1.75 bits per heavy atom. The summed E-state index contributed by atoms with van der Waals surface area (Å²) in [6, 6.07) is 13.5. The van der Waals surface area contributed by atoms with Crippen molar-refractivity contribution >= 4 is 40.5 Å². The molecule has 5 nitrogen and oxygen atoms in total. The number of anilines is 3. The number of halogens is 1. The molecule has 6 heteroatoms. The maximum absolute atomic E-state index is 12.7. The van der Waals surface area contributed by atoms with Gasteiger partial charge in [0, 0.05) is 48.1 Å². The fourth-order valence-corrected chi connectivity index (χ4v) is 4.18. The third kappa shape index (κ3) is 3.85. The number of amides is 2. The van der Waals surface area contributed by atoms with E-state index < -0.39 is 0 Å². The Balaban J connectivity index is 1.42. The summed E-state index contributed by atoms with van der Waals surface area (Å²) < 4.78 is 0. The van der Waals surface area contributed by atoms with E-state index in [0.29, 0.717) is 11.6 Å². The number of aryl methyl sites for hydroxylation is 1. The Labute approximate surface area is 170 Å². The summed E-state index contributed by atoms with van der Waals surface area (Å²) in [5, 5.41) is 3.57. The van der Waals surface area contributed by atoms with Crippen LogP contribution in [0.2, 0.25) is 5.02 Å². The summed E-state index contributed by atoms with van der Waals surface area (Å²) in [5.41, 5.74) is 3.68. The molecule has 1 N–H and O–H groups in total. The van der Waals surface area contributed by atoms with E-state index in [1.165, 1.54) is 18.5 Å². The summed E-state index contributed by atoms with van der Waals surface area (Å²) in [6.07, 6.45) is 2.69. The first-order chi connectivity index (χ1) is 13.5. The summed E-state index contributed by atoms with van der Waals surface area (Å²) in [7, 11) is 0. The van der Waals surface area contributed by atoms with Crippen molar-refractivity contribution in [3.8, 4) is 0 Å². The minimum absolute atomic E-state index is 0.0121. The standard InChI is InChI=1S/C22H24ClN3O2/c1-15-12-17(23)4-9-20(15)24-22(28)16-13-21(27)26(14-16)19-7-5-18(6-8-19)25-10-2-3-11-25/h4-9,12,16H,2-3,10-11,13-14H2,1H3,(H,24,28). The Kier molecular flexibility index (Phi) is 5.27. The van der Waals surface area contributed by atoms with Gasteiger partial charge in [0.05, 0.1) is 5.92 Å². The number of carbonyl (C=O) groups is 2. The molecular formula is C22H24ClN3O2. The highest BCUT2D eigenvalue weighted by atomic mass is 35.5. The molecule has 2 aromatic rings. The molecule has 4 rings (SSSR count). The first-order valence-corrected chi connectivity index (χ1v) is 10.1. The first-order valence-electron chi connectivity index (χ1n) is 9.73. The van der Waals surface area contributed by atoms with Crippen LogP contribution in [0.25, 0.3) is 0 Å². The molecule has 0 aromatic heterocycles. The van der Waals surface area contributed by atoms with Gasteiger partial charge in [0.1, 0.15) is 0 Å². The van der Waals surface area contributed by atoms with Crippen LogP contribution in [0.15, 0.2) is 42.5 Å². The zero-order chi connectivity index (χ0) is 19.7. The molecule has 2 aliphatic heterocycles. The lowest BCUT2D eigenvalue weighted by molar-refractivity contribution is -0.122. The van der Waals surface area contributed by atoms with Crippen molar-refractivity contribution in [3.63, 3.8) is 0 Å². The fraction of sp³-hybridized carbons (Fsp3) is 0.364. The molecule has 0 bridgehead atoms.